The summed E-state index contributed by atoms with van der Waals surface area (Å²) in [7, 11) is 0. The van der Waals surface area contributed by atoms with Crippen molar-refractivity contribution in [2.75, 3.05) is 0 Å². The van der Waals surface area contributed by atoms with Crippen LogP contribution in [0.4, 0.5) is 13.2 Å². The molecule has 2 heterocycles. The van der Waals surface area contributed by atoms with E-state index < -0.39 is 11.7 Å². The van der Waals surface area contributed by atoms with Gasteiger partial charge in [0.1, 0.15) is 11.6 Å². The van der Waals surface area contributed by atoms with Gasteiger partial charge < -0.3 is 5.32 Å². The van der Waals surface area contributed by atoms with Crippen molar-refractivity contribution in [2.45, 2.75) is 26.2 Å². The van der Waals surface area contributed by atoms with Crippen molar-refractivity contribution in [3.8, 4) is 5.82 Å². The van der Waals surface area contributed by atoms with E-state index in [0.717, 1.165) is 29.3 Å². The van der Waals surface area contributed by atoms with Crippen LogP contribution in [0.3, 0.4) is 0 Å². The highest BCUT2D eigenvalue weighted by molar-refractivity contribution is 5.28. The molecule has 0 spiro atoms. The Morgan fingerprint density at radius 2 is 1.84 bits per heavy atom. The first-order chi connectivity index (χ1) is 11.9. The van der Waals surface area contributed by atoms with Crippen LogP contribution in [0.25, 0.3) is 5.82 Å². The van der Waals surface area contributed by atoms with Crippen molar-refractivity contribution in [1.29, 1.82) is 0 Å². The van der Waals surface area contributed by atoms with E-state index in [1.807, 2.05) is 29.8 Å². The normalized spacial score (nSPS) is 11.7. The quantitative estimate of drug-likeness (QED) is 0.762. The van der Waals surface area contributed by atoms with Crippen LogP contribution in [-0.4, -0.2) is 14.5 Å². The van der Waals surface area contributed by atoms with Gasteiger partial charge in [-0.05, 0) is 30.2 Å². The lowest BCUT2D eigenvalue weighted by atomic mass is 10.1. The van der Waals surface area contributed by atoms with Crippen molar-refractivity contribution >= 4 is 0 Å². The first-order valence-electron chi connectivity index (χ1n) is 7.75. The third-order valence-corrected chi connectivity index (χ3v) is 3.79. The van der Waals surface area contributed by atoms with Gasteiger partial charge >= 0.3 is 6.18 Å². The lowest BCUT2D eigenvalue weighted by molar-refractivity contribution is -0.137. The van der Waals surface area contributed by atoms with E-state index in [4.69, 9.17) is 0 Å². The molecule has 0 atom stereocenters. The number of rotatable bonds is 5. The van der Waals surface area contributed by atoms with Gasteiger partial charge in [-0.2, -0.15) is 13.2 Å². The van der Waals surface area contributed by atoms with Gasteiger partial charge in [-0.3, -0.25) is 4.57 Å². The van der Waals surface area contributed by atoms with Crippen molar-refractivity contribution in [3.63, 3.8) is 0 Å². The second kappa shape index (κ2) is 7.06. The zero-order valence-electron chi connectivity index (χ0n) is 13.6. The Hall–Kier alpha value is -2.67. The second-order valence-electron chi connectivity index (χ2n) is 5.67. The van der Waals surface area contributed by atoms with Gasteiger partial charge in [0, 0.05) is 31.7 Å². The maximum absolute atomic E-state index is 12.7. The Morgan fingerprint density at radius 1 is 1.04 bits per heavy atom. The Labute approximate surface area is 143 Å². The average Bonchev–Trinajstić information content (AvgIpc) is 3.01. The molecule has 0 saturated carbocycles. The number of alkyl halides is 3. The largest absolute Gasteiger partial charge is 0.416 e. The van der Waals surface area contributed by atoms with E-state index in [-0.39, 0.29) is 0 Å². The Bertz CT molecular complexity index is 838. The fraction of sp³-hybridized carbons (Fsp3) is 0.222. The van der Waals surface area contributed by atoms with Crippen molar-refractivity contribution in [2.24, 2.45) is 0 Å². The lowest BCUT2D eigenvalue weighted by Crippen LogP contribution is -2.14. The molecule has 2 aromatic heterocycles. The van der Waals surface area contributed by atoms with Gasteiger partial charge in [0.05, 0.1) is 5.56 Å². The number of halogens is 3. The molecule has 0 bridgehead atoms. The highest BCUT2D eigenvalue weighted by Gasteiger charge is 2.30. The predicted molar refractivity (Wildman–Crippen MR) is 88.1 cm³/mol. The summed E-state index contributed by atoms with van der Waals surface area (Å²) in [6, 6.07) is 9.15. The number of aromatic nitrogens is 3. The maximum Gasteiger partial charge on any atom is 0.416 e. The Morgan fingerprint density at radius 3 is 2.48 bits per heavy atom. The molecular formula is C18H17F3N4. The summed E-state index contributed by atoms with van der Waals surface area (Å²) in [5, 5.41) is 3.14. The van der Waals surface area contributed by atoms with Crippen LogP contribution in [0, 0.1) is 6.92 Å². The van der Waals surface area contributed by atoms with Crippen LogP contribution in [0.1, 0.15) is 22.5 Å². The number of imidazole rings is 1. The number of nitrogens with zero attached hydrogens (tertiary/aromatic N) is 3. The molecule has 1 aromatic carbocycles. The standard InChI is InChI=1S/C18H17F3N4/c1-13-23-7-8-25(13)17-6-5-15(12-24-17)11-22-10-14-3-2-4-16(9-14)18(19,20)21/h2-9,12,22H,10-11H2,1H3. The summed E-state index contributed by atoms with van der Waals surface area (Å²) in [5.41, 5.74) is 0.912. The van der Waals surface area contributed by atoms with Crippen molar-refractivity contribution in [1.82, 2.24) is 19.9 Å². The van der Waals surface area contributed by atoms with Gasteiger partial charge in [0.15, 0.2) is 0 Å². The molecule has 1 N–H and O–H groups in total. The van der Waals surface area contributed by atoms with Gasteiger partial charge in [-0.25, -0.2) is 9.97 Å². The van der Waals surface area contributed by atoms with Crippen LogP contribution in [-0.2, 0) is 19.3 Å². The van der Waals surface area contributed by atoms with Crippen LogP contribution in [0.5, 0.6) is 0 Å². The molecule has 0 aliphatic heterocycles. The molecule has 0 aliphatic carbocycles. The Kier molecular flexibility index (Phi) is 4.85. The summed E-state index contributed by atoms with van der Waals surface area (Å²) >= 11 is 0. The number of hydrogen-bond acceptors (Lipinski definition) is 3. The zero-order chi connectivity index (χ0) is 17.9. The van der Waals surface area contributed by atoms with Crippen molar-refractivity contribution < 1.29 is 13.2 Å². The first-order valence-corrected chi connectivity index (χ1v) is 7.75. The minimum Gasteiger partial charge on any atom is -0.309 e. The van der Waals surface area contributed by atoms with Gasteiger partial charge in [0.2, 0.25) is 0 Å². The molecule has 3 aromatic rings. The zero-order valence-corrected chi connectivity index (χ0v) is 13.6. The molecule has 0 fully saturated rings. The average molecular weight is 346 g/mol. The molecule has 0 radical (unpaired) electrons. The third kappa shape index (κ3) is 4.24. The molecule has 0 aliphatic rings. The molecule has 3 rings (SSSR count). The number of benzene rings is 1. The fourth-order valence-corrected chi connectivity index (χ4v) is 2.49. The fourth-order valence-electron chi connectivity index (χ4n) is 2.49. The van der Waals surface area contributed by atoms with E-state index in [2.05, 4.69) is 15.3 Å². The molecular weight excluding hydrogens is 329 g/mol. The SMILES string of the molecule is Cc1nccn1-c1ccc(CNCc2cccc(C(F)(F)F)c2)cn1. The Balaban J connectivity index is 1.58. The van der Waals surface area contributed by atoms with E-state index >= 15 is 0 Å². The van der Waals surface area contributed by atoms with Gasteiger partial charge in [-0.15, -0.1) is 0 Å². The number of hydrogen-bond donors (Lipinski definition) is 1. The molecule has 25 heavy (non-hydrogen) atoms. The summed E-state index contributed by atoms with van der Waals surface area (Å²) in [4.78, 5) is 8.54. The summed E-state index contributed by atoms with van der Waals surface area (Å²) in [6.07, 6.45) is 0.972. The molecule has 7 heteroatoms. The molecule has 0 saturated heterocycles. The van der Waals surface area contributed by atoms with E-state index in [0.29, 0.717) is 18.7 Å². The molecule has 0 amide bonds. The van der Waals surface area contributed by atoms with Crippen molar-refractivity contribution in [3.05, 3.63) is 77.5 Å². The molecule has 130 valence electrons. The smallest absolute Gasteiger partial charge is 0.309 e. The number of nitrogens with one attached hydrogen (secondary N) is 1. The highest BCUT2D eigenvalue weighted by atomic mass is 19.4. The van der Waals surface area contributed by atoms with Gasteiger partial charge in [-0.1, -0.05) is 24.3 Å². The monoisotopic (exact) mass is 346 g/mol. The summed E-state index contributed by atoms with van der Waals surface area (Å²) in [5.74, 6) is 1.62. The van der Waals surface area contributed by atoms with Crippen LogP contribution < -0.4 is 5.32 Å². The first kappa shape index (κ1) is 17.2. The van der Waals surface area contributed by atoms with E-state index in [1.54, 1.807) is 18.5 Å². The minimum absolute atomic E-state index is 0.353. The van der Waals surface area contributed by atoms with E-state index in [9.17, 15) is 13.2 Å². The maximum atomic E-state index is 12.7. The second-order valence-corrected chi connectivity index (χ2v) is 5.67. The molecule has 0 unspecified atom stereocenters. The van der Waals surface area contributed by atoms with Crippen LogP contribution in [0.2, 0.25) is 0 Å². The van der Waals surface area contributed by atoms with E-state index in [1.165, 1.54) is 6.07 Å². The molecule has 4 nitrogen and oxygen atoms in total. The highest BCUT2D eigenvalue weighted by Crippen LogP contribution is 2.29. The summed E-state index contributed by atoms with van der Waals surface area (Å²) < 4.78 is 40.0. The topological polar surface area (TPSA) is 42.7 Å². The predicted octanol–water partition coefficient (Wildman–Crippen LogP) is 3.88. The van der Waals surface area contributed by atoms with Crippen LogP contribution in [0.15, 0.2) is 55.0 Å². The van der Waals surface area contributed by atoms with Gasteiger partial charge in [0.25, 0.3) is 0 Å². The van der Waals surface area contributed by atoms with Crippen LogP contribution >= 0.6 is 0 Å². The lowest BCUT2D eigenvalue weighted by Gasteiger charge is -2.10. The third-order valence-electron chi connectivity index (χ3n) is 3.79. The minimum atomic E-state index is -4.32. The number of pyridine rings is 1. The summed E-state index contributed by atoms with van der Waals surface area (Å²) in [6.45, 7) is 2.77. The number of aryl methyl sites for hydroxylation is 1.